The molecule has 0 aliphatic heterocycles. The Morgan fingerprint density at radius 1 is 1.12 bits per heavy atom. The quantitative estimate of drug-likeness (QED) is 0.876. The summed E-state index contributed by atoms with van der Waals surface area (Å²) in [4.78, 5) is 0. The maximum Gasteiger partial charge on any atom is 0.106 e. The normalized spacial score (nSPS) is 12.8. The maximum atomic E-state index is 5.57. The van der Waals surface area contributed by atoms with Gasteiger partial charge in [-0.3, -0.25) is 4.68 Å². The zero-order valence-corrected chi connectivity index (χ0v) is 11.2. The van der Waals surface area contributed by atoms with Crippen LogP contribution in [0.3, 0.4) is 0 Å². The highest BCUT2D eigenvalue weighted by Crippen LogP contribution is 2.22. The summed E-state index contributed by atoms with van der Waals surface area (Å²) >= 11 is 0. The Kier molecular flexibility index (Phi) is 3.01. The average Bonchev–Trinajstić information content (AvgIpc) is 2.74. The largest absolute Gasteiger partial charge is 0.466 e. The Bertz CT molecular complexity index is 503. The van der Waals surface area contributed by atoms with E-state index in [1.807, 2.05) is 13.8 Å². The third-order valence-corrected chi connectivity index (χ3v) is 3.14. The van der Waals surface area contributed by atoms with Crippen molar-refractivity contribution < 1.29 is 4.42 Å². The molecule has 0 fully saturated rings. The lowest BCUT2D eigenvalue weighted by molar-refractivity contribution is 0.498. The van der Waals surface area contributed by atoms with E-state index in [-0.39, 0.29) is 6.04 Å². The van der Waals surface area contributed by atoms with Crippen molar-refractivity contribution in [3.8, 4) is 0 Å². The molecule has 0 amide bonds. The van der Waals surface area contributed by atoms with E-state index in [4.69, 9.17) is 4.42 Å². The molecule has 0 aliphatic rings. The fourth-order valence-corrected chi connectivity index (χ4v) is 2.22. The van der Waals surface area contributed by atoms with Gasteiger partial charge in [0.1, 0.15) is 11.5 Å². The summed E-state index contributed by atoms with van der Waals surface area (Å²) in [5.41, 5.74) is 7.13. The topological polar surface area (TPSA) is 30.1 Å². The van der Waals surface area contributed by atoms with Gasteiger partial charge in [-0.1, -0.05) is 0 Å². The zero-order chi connectivity index (χ0) is 12.6. The highest BCUT2D eigenvalue weighted by Gasteiger charge is 2.13. The Hall–Kier alpha value is -1.64. The van der Waals surface area contributed by atoms with Crippen LogP contribution in [0, 0.1) is 27.7 Å². The molecule has 0 saturated carbocycles. The number of hydrogen-bond acceptors (Lipinski definition) is 2. The Labute approximate surface area is 102 Å². The number of nitrogens with one attached hydrogen (secondary N) is 1. The molecule has 2 rings (SSSR count). The van der Waals surface area contributed by atoms with Gasteiger partial charge in [-0.25, -0.2) is 0 Å². The van der Waals surface area contributed by atoms with E-state index in [1.54, 1.807) is 0 Å². The first-order valence-electron chi connectivity index (χ1n) is 5.97. The summed E-state index contributed by atoms with van der Waals surface area (Å²) in [6.45, 7) is 10.3. The summed E-state index contributed by atoms with van der Waals surface area (Å²) < 4.78 is 7.68. The summed E-state index contributed by atoms with van der Waals surface area (Å²) in [5, 5.41) is 0. The molecule has 0 aliphatic carbocycles. The van der Waals surface area contributed by atoms with E-state index in [1.165, 1.54) is 17.0 Å². The van der Waals surface area contributed by atoms with Gasteiger partial charge >= 0.3 is 0 Å². The highest BCUT2D eigenvalue weighted by molar-refractivity contribution is 5.26. The fraction of sp³-hybridized carbons (Fsp3) is 0.429. The second-order valence-electron chi connectivity index (χ2n) is 4.67. The lowest BCUT2D eigenvalue weighted by Crippen LogP contribution is -2.21. The van der Waals surface area contributed by atoms with Crippen LogP contribution in [0.25, 0.3) is 0 Å². The van der Waals surface area contributed by atoms with Gasteiger partial charge in [0.05, 0.1) is 6.04 Å². The molecular weight excluding hydrogens is 212 g/mol. The second kappa shape index (κ2) is 4.32. The molecule has 0 bridgehead atoms. The number of rotatable bonds is 3. The molecular formula is C14H20N2O. The molecule has 3 nitrogen and oxygen atoms in total. The van der Waals surface area contributed by atoms with E-state index in [0.717, 1.165) is 11.5 Å². The molecule has 1 N–H and O–H groups in total. The van der Waals surface area contributed by atoms with Gasteiger partial charge in [0.2, 0.25) is 0 Å². The van der Waals surface area contributed by atoms with Crippen molar-refractivity contribution in [2.24, 2.45) is 0 Å². The lowest BCUT2D eigenvalue weighted by Gasteiger charge is -2.19. The predicted octanol–water partition coefficient (Wildman–Crippen LogP) is 3.62. The average molecular weight is 232 g/mol. The summed E-state index contributed by atoms with van der Waals surface area (Å²) in [5.74, 6) is 1.96. The molecule has 92 valence electrons. The van der Waals surface area contributed by atoms with E-state index < -0.39 is 0 Å². The van der Waals surface area contributed by atoms with Crippen LogP contribution in [-0.2, 0) is 0 Å². The van der Waals surface area contributed by atoms with Gasteiger partial charge in [-0.15, -0.1) is 0 Å². The van der Waals surface area contributed by atoms with Crippen molar-refractivity contribution in [2.75, 3.05) is 5.43 Å². The minimum Gasteiger partial charge on any atom is -0.466 e. The standard InChI is InChI=1S/C14H20N2O/c1-9-6-7-10(2)16(9)15-12(4)14-8-11(3)17-13(14)5/h6-8,12,15H,1-5H3. The van der Waals surface area contributed by atoms with Crippen molar-refractivity contribution >= 4 is 0 Å². The molecule has 1 unspecified atom stereocenters. The minimum atomic E-state index is 0.234. The van der Waals surface area contributed by atoms with E-state index in [0.29, 0.717) is 0 Å². The van der Waals surface area contributed by atoms with Crippen LogP contribution in [0.2, 0.25) is 0 Å². The van der Waals surface area contributed by atoms with Crippen molar-refractivity contribution in [3.05, 3.63) is 46.7 Å². The Balaban J connectivity index is 2.22. The van der Waals surface area contributed by atoms with Crippen LogP contribution in [0.5, 0.6) is 0 Å². The summed E-state index contributed by atoms with van der Waals surface area (Å²) in [6, 6.07) is 6.56. The van der Waals surface area contributed by atoms with Crippen LogP contribution >= 0.6 is 0 Å². The predicted molar refractivity (Wildman–Crippen MR) is 69.9 cm³/mol. The van der Waals surface area contributed by atoms with Gasteiger partial charge in [0.25, 0.3) is 0 Å². The number of hydrogen-bond donors (Lipinski definition) is 1. The Morgan fingerprint density at radius 3 is 2.18 bits per heavy atom. The van der Waals surface area contributed by atoms with Gasteiger partial charge < -0.3 is 9.84 Å². The number of aryl methyl sites for hydroxylation is 4. The first kappa shape index (κ1) is 11.8. The highest BCUT2D eigenvalue weighted by atomic mass is 16.3. The maximum absolute atomic E-state index is 5.57. The summed E-state index contributed by atoms with van der Waals surface area (Å²) in [6.07, 6.45) is 0. The molecule has 0 spiro atoms. The molecule has 0 saturated heterocycles. The lowest BCUT2D eigenvalue weighted by atomic mass is 10.1. The first-order chi connectivity index (χ1) is 7.99. The number of furan rings is 1. The minimum absolute atomic E-state index is 0.234. The molecule has 2 aromatic rings. The van der Waals surface area contributed by atoms with Crippen LogP contribution in [0.1, 0.15) is 41.4 Å². The van der Waals surface area contributed by atoms with E-state index in [2.05, 4.69) is 49.1 Å². The van der Waals surface area contributed by atoms with Gasteiger partial charge in [-0.2, -0.15) is 0 Å². The molecule has 2 aromatic heterocycles. The van der Waals surface area contributed by atoms with E-state index >= 15 is 0 Å². The van der Waals surface area contributed by atoms with Crippen molar-refractivity contribution in [1.29, 1.82) is 0 Å². The molecule has 0 aromatic carbocycles. The smallest absolute Gasteiger partial charge is 0.106 e. The van der Waals surface area contributed by atoms with E-state index in [9.17, 15) is 0 Å². The first-order valence-corrected chi connectivity index (χ1v) is 5.97. The SMILES string of the molecule is Cc1cc(C(C)Nn2c(C)ccc2C)c(C)o1. The van der Waals surface area contributed by atoms with Gasteiger partial charge in [0, 0.05) is 17.0 Å². The monoisotopic (exact) mass is 232 g/mol. The molecule has 3 heteroatoms. The van der Waals surface area contributed by atoms with Crippen molar-refractivity contribution in [3.63, 3.8) is 0 Å². The third kappa shape index (κ3) is 2.23. The van der Waals surface area contributed by atoms with Gasteiger partial charge in [-0.05, 0) is 52.8 Å². The summed E-state index contributed by atoms with van der Waals surface area (Å²) in [7, 11) is 0. The van der Waals surface area contributed by atoms with Crippen molar-refractivity contribution in [2.45, 2.75) is 40.7 Å². The van der Waals surface area contributed by atoms with Crippen molar-refractivity contribution in [1.82, 2.24) is 4.68 Å². The number of aromatic nitrogens is 1. The van der Waals surface area contributed by atoms with Crippen LogP contribution in [0.15, 0.2) is 22.6 Å². The van der Waals surface area contributed by atoms with Crippen LogP contribution in [-0.4, -0.2) is 4.68 Å². The van der Waals surface area contributed by atoms with Crippen LogP contribution in [0.4, 0.5) is 0 Å². The van der Waals surface area contributed by atoms with Crippen LogP contribution < -0.4 is 5.43 Å². The van der Waals surface area contributed by atoms with Gasteiger partial charge in [0.15, 0.2) is 0 Å². The number of nitrogens with zero attached hydrogens (tertiary/aromatic N) is 1. The fourth-order valence-electron chi connectivity index (χ4n) is 2.22. The second-order valence-corrected chi connectivity index (χ2v) is 4.67. The molecule has 17 heavy (non-hydrogen) atoms. The molecule has 1 atom stereocenters. The third-order valence-electron chi connectivity index (χ3n) is 3.14. The molecule has 0 radical (unpaired) electrons. The zero-order valence-electron chi connectivity index (χ0n) is 11.2. The molecule has 2 heterocycles. The Morgan fingerprint density at radius 2 is 1.71 bits per heavy atom.